The zero-order chi connectivity index (χ0) is 29.6. The molecule has 0 unspecified atom stereocenters. The van der Waals surface area contributed by atoms with Crippen LogP contribution in [-0.2, 0) is 22.4 Å². The summed E-state index contributed by atoms with van der Waals surface area (Å²) in [6, 6.07) is 35.5. The molecule has 6 heteroatoms. The van der Waals surface area contributed by atoms with Crippen LogP contribution in [0.5, 0.6) is 0 Å². The Morgan fingerprint density at radius 2 is 0.909 bits per heavy atom. The summed E-state index contributed by atoms with van der Waals surface area (Å²) in [4.78, 5) is 26.6. The maximum absolute atomic E-state index is 13.3. The van der Waals surface area contributed by atoms with Gasteiger partial charge in [-0.15, -0.1) is 0 Å². The number of hydrogen-bond acceptors (Lipinski definition) is 4. The molecule has 0 saturated carbocycles. The Morgan fingerprint density at radius 3 is 1.39 bits per heavy atom. The van der Waals surface area contributed by atoms with Crippen molar-refractivity contribution < 1.29 is 18.4 Å². The molecule has 0 aliphatic heterocycles. The molecule has 0 atom stereocenters. The number of hydrogen-bond donors (Lipinski definition) is 2. The van der Waals surface area contributed by atoms with Gasteiger partial charge in [-0.3, -0.25) is 9.59 Å². The minimum absolute atomic E-state index is 0.151. The van der Waals surface area contributed by atoms with Gasteiger partial charge in [0.2, 0.25) is 11.8 Å². The largest absolute Gasteiger partial charge is 0.464 e. The topological polar surface area (TPSA) is 84.5 Å². The number of carbonyl (C=O) groups excluding carboxylic acids is 2. The molecule has 0 aliphatic rings. The van der Waals surface area contributed by atoms with Crippen LogP contribution in [0.15, 0.2) is 131 Å². The van der Waals surface area contributed by atoms with Crippen molar-refractivity contribution in [2.75, 3.05) is 10.6 Å². The van der Waals surface area contributed by atoms with Crippen LogP contribution in [-0.4, -0.2) is 11.8 Å². The normalized spacial score (nSPS) is 11.5. The van der Waals surface area contributed by atoms with Crippen LogP contribution in [0, 0.1) is 0 Å². The Labute approximate surface area is 251 Å². The first-order valence-electron chi connectivity index (χ1n) is 14.5. The third kappa shape index (κ3) is 4.44. The lowest BCUT2D eigenvalue weighted by molar-refractivity contribution is -0.116. The van der Waals surface area contributed by atoms with Crippen LogP contribution < -0.4 is 10.6 Å². The van der Waals surface area contributed by atoms with Crippen molar-refractivity contribution in [1.29, 1.82) is 0 Å². The van der Waals surface area contributed by atoms with Gasteiger partial charge in [0, 0.05) is 44.0 Å². The lowest BCUT2D eigenvalue weighted by Crippen LogP contribution is -2.15. The van der Waals surface area contributed by atoms with E-state index in [-0.39, 0.29) is 24.7 Å². The Bertz CT molecular complexity index is 2230. The second-order valence-electron chi connectivity index (χ2n) is 11.0. The molecule has 44 heavy (non-hydrogen) atoms. The first kappa shape index (κ1) is 25.8. The Kier molecular flexibility index (Phi) is 6.12. The van der Waals surface area contributed by atoms with E-state index in [9.17, 15) is 9.59 Å². The van der Waals surface area contributed by atoms with E-state index in [1.54, 1.807) is 12.5 Å². The van der Waals surface area contributed by atoms with Crippen molar-refractivity contribution >= 4 is 77.4 Å². The summed E-state index contributed by atoms with van der Waals surface area (Å²) in [5, 5.41) is 14.1. The van der Waals surface area contributed by atoms with Gasteiger partial charge in [0.25, 0.3) is 0 Å². The summed E-state index contributed by atoms with van der Waals surface area (Å²) in [6.07, 6.45) is 3.67. The van der Waals surface area contributed by atoms with Crippen molar-refractivity contribution in [1.82, 2.24) is 0 Å². The molecule has 0 bridgehead atoms. The summed E-state index contributed by atoms with van der Waals surface area (Å²) in [5.74, 6) is -0.303. The van der Waals surface area contributed by atoms with Crippen molar-refractivity contribution in [2.45, 2.75) is 12.8 Å². The highest BCUT2D eigenvalue weighted by Crippen LogP contribution is 2.33. The highest BCUT2D eigenvalue weighted by molar-refractivity contribution is 6.13. The Morgan fingerprint density at radius 1 is 0.477 bits per heavy atom. The number of furan rings is 2. The van der Waals surface area contributed by atoms with Crippen molar-refractivity contribution in [3.63, 3.8) is 0 Å². The molecular formula is C38H26N2O4. The fraction of sp³-hybridized carbons (Fsp3) is 0.0526. The average Bonchev–Trinajstić information content (AvgIpc) is 3.65. The van der Waals surface area contributed by atoms with Gasteiger partial charge < -0.3 is 19.5 Å². The van der Waals surface area contributed by atoms with E-state index in [0.29, 0.717) is 11.4 Å². The molecule has 2 heterocycles. The van der Waals surface area contributed by atoms with Crippen LogP contribution in [0.4, 0.5) is 11.4 Å². The molecule has 6 aromatic carbocycles. The summed E-state index contributed by atoms with van der Waals surface area (Å²) >= 11 is 0. The lowest BCUT2D eigenvalue weighted by Gasteiger charge is -2.13. The number of anilines is 2. The monoisotopic (exact) mass is 574 g/mol. The Balaban J connectivity index is 1.04. The maximum atomic E-state index is 13.3. The molecule has 0 radical (unpaired) electrons. The van der Waals surface area contributed by atoms with Gasteiger partial charge in [0.1, 0.15) is 11.2 Å². The molecule has 0 saturated heterocycles. The van der Waals surface area contributed by atoms with E-state index >= 15 is 0 Å². The first-order chi connectivity index (χ1) is 21.6. The van der Waals surface area contributed by atoms with Crippen LogP contribution in [0.1, 0.15) is 11.1 Å². The van der Waals surface area contributed by atoms with E-state index in [0.717, 1.165) is 65.4 Å². The lowest BCUT2D eigenvalue weighted by atomic mass is 10.0. The van der Waals surface area contributed by atoms with E-state index in [4.69, 9.17) is 8.83 Å². The van der Waals surface area contributed by atoms with E-state index in [1.165, 1.54) is 0 Å². The smallest absolute Gasteiger partial charge is 0.228 e. The fourth-order valence-electron chi connectivity index (χ4n) is 6.27. The van der Waals surface area contributed by atoms with Gasteiger partial charge in [-0.1, -0.05) is 84.9 Å². The Hall–Kier alpha value is -5.88. The van der Waals surface area contributed by atoms with Gasteiger partial charge in [-0.25, -0.2) is 0 Å². The molecule has 0 aliphatic carbocycles. The minimum Gasteiger partial charge on any atom is -0.464 e. The third-order valence-corrected chi connectivity index (χ3v) is 8.25. The highest BCUT2D eigenvalue weighted by Gasteiger charge is 2.17. The zero-order valence-electron chi connectivity index (χ0n) is 23.6. The molecule has 6 nitrogen and oxygen atoms in total. The van der Waals surface area contributed by atoms with Gasteiger partial charge in [0.05, 0.1) is 25.4 Å². The molecular weight excluding hydrogens is 548 g/mol. The maximum Gasteiger partial charge on any atom is 0.228 e. The molecule has 212 valence electrons. The SMILES string of the molecule is O=C(Cc1coc2ccc3ccccc3c12)Nc1cccc2c(NC(=O)Cc3coc4ccc5ccccc5c34)cccc12. The first-order valence-corrected chi connectivity index (χ1v) is 14.5. The van der Waals surface area contributed by atoms with Crippen LogP contribution in [0.2, 0.25) is 0 Å². The number of benzene rings is 6. The van der Waals surface area contributed by atoms with Gasteiger partial charge >= 0.3 is 0 Å². The summed E-state index contributed by atoms with van der Waals surface area (Å²) in [5.41, 5.74) is 4.54. The van der Waals surface area contributed by atoms with Gasteiger partial charge in [0.15, 0.2) is 0 Å². The van der Waals surface area contributed by atoms with Gasteiger partial charge in [-0.05, 0) is 45.8 Å². The fourth-order valence-corrected chi connectivity index (χ4v) is 6.27. The predicted molar refractivity (Wildman–Crippen MR) is 176 cm³/mol. The quantitative estimate of drug-likeness (QED) is 0.208. The zero-order valence-corrected chi connectivity index (χ0v) is 23.6. The van der Waals surface area contributed by atoms with E-state index in [1.807, 2.05) is 97.1 Å². The molecule has 0 fully saturated rings. The average molecular weight is 575 g/mol. The van der Waals surface area contributed by atoms with Crippen molar-refractivity contribution in [3.05, 3.63) is 133 Å². The summed E-state index contributed by atoms with van der Waals surface area (Å²) in [7, 11) is 0. The van der Waals surface area contributed by atoms with Crippen LogP contribution in [0.3, 0.4) is 0 Å². The molecule has 0 spiro atoms. The summed E-state index contributed by atoms with van der Waals surface area (Å²) in [6.45, 7) is 0. The predicted octanol–water partition coefficient (Wildman–Crippen LogP) is 9.00. The number of carbonyl (C=O) groups is 2. The second-order valence-corrected chi connectivity index (χ2v) is 11.0. The third-order valence-electron chi connectivity index (χ3n) is 8.25. The molecule has 2 N–H and O–H groups in total. The van der Waals surface area contributed by atoms with Crippen LogP contribution in [0.25, 0.3) is 54.3 Å². The number of rotatable bonds is 6. The minimum atomic E-state index is -0.151. The standard InChI is InChI=1S/C38H26N2O4/c41-35(19-25-21-43-33-17-15-23-7-1-3-9-27(23)37(25)33)39-31-13-5-12-30-29(31)11-6-14-32(30)40-36(42)20-26-22-44-34-18-16-24-8-2-4-10-28(24)38(26)34/h1-18,21-22H,19-20H2,(H,39,41)(H,40,42). The van der Waals surface area contributed by atoms with E-state index < -0.39 is 0 Å². The molecule has 8 aromatic rings. The second kappa shape index (κ2) is 10.4. The molecule has 2 amide bonds. The highest BCUT2D eigenvalue weighted by atomic mass is 16.3. The number of nitrogens with one attached hydrogen (secondary N) is 2. The van der Waals surface area contributed by atoms with E-state index in [2.05, 4.69) is 22.8 Å². The van der Waals surface area contributed by atoms with Crippen molar-refractivity contribution in [2.24, 2.45) is 0 Å². The molecule has 8 rings (SSSR count). The molecule has 2 aromatic heterocycles. The van der Waals surface area contributed by atoms with Gasteiger partial charge in [-0.2, -0.15) is 0 Å². The number of amides is 2. The summed E-state index contributed by atoms with van der Waals surface area (Å²) < 4.78 is 11.6. The van der Waals surface area contributed by atoms with Crippen molar-refractivity contribution in [3.8, 4) is 0 Å². The number of fused-ring (bicyclic) bond motifs is 7. The van der Waals surface area contributed by atoms with Crippen LogP contribution >= 0.6 is 0 Å².